The molecule has 37 heavy (non-hydrogen) atoms. The summed E-state index contributed by atoms with van der Waals surface area (Å²) in [6.45, 7) is 13.8. The Morgan fingerprint density at radius 1 is 1.05 bits per heavy atom. The molecule has 4 N–H and O–H groups in total. The predicted octanol–water partition coefficient (Wildman–Crippen LogP) is 3.62. The van der Waals surface area contributed by atoms with Crippen molar-refractivity contribution in [2.75, 3.05) is 0 Å². The Labute approximate surface area is 219 Å². The average Bonchev–Trinajstić information content (AvgIpc) is 2.96. The molecular weight excluding hydrogens is 472 g/mol. The predicted molar refractivity (Wildman–Crippen MR) is 138 cm³/mol. The van der Waals surface area contributed by atoms with Crippen LogP contribution in [0, 0.1) is 39.4 Å². The van der Waals surface area contributed by atoms with Crippen LogP contribution in [-0.2, 0) is 14.4 Å². The van der Waals surface area contributed by atoms with Crippen molar-refractivity contribution in [3.8, 4) is 0 Å². The van der Waals surface area contributed by atoms with Crippen LogP contribution >= 0.6 is 0 Å². The summed E-state index contributed by atoms with van der Waals surface area (Å²) in [6, 6.07) is 0. The molecule has 0 spiro atoms. The van der Waals surface area contributed by atoms with Gasteiger partial charge in [0.05, 0.1) is 17.1 Å². The molecule has 4 aliphatic carbocycles. The van der Waals surface area contributed by atoms with Gasteiger partial charge in [-0.15, -0.1) is 0 Å². The third-order valence-corrected chi connectivity index (χ3v) is 10.8. The summed E-state index contributed by atoms with van der Waals surface area (Å²) in [5, 5.41) is 43.6. The molecule has 0 amide bonds. The number of hydrogen-bond acceptors (Lipinski definition) is 7. The highest BCUT2D eigenvalue weighted by Crippen LogP contribution is 2.73. The van der Waals surface area contributed by atoms with Crippen molar-refractivity contribution < 1.29 is 34.8 Å². The van der Waals surface area contributed by atoms with Gasteiger partial charge in [-0.05, 0) is 76.4 Å². The highest BCUT2D eigenvalue weighted by molar-refractivity contribution is 6.02. The number of carbonyl (C=O) groups excluding carboxylic acids is 3. The van der Waals surface area contributed by atoms with Gasteiger partial charge >= 0.3 is 0 Å². The van der Waals surface area contributed by atoms with Gasteiger partial charge in [-0.3, -0.25) is 14.4 Å². The van der Waals surface area contributed by atoms with E-state index in [2.05, 4.69) is 0 Å². The third kappa shape index (κ3) is 3.60. The molecule has 4 aliphatic rings. The monoisotopic (exact) mass is 514 g/mol. The number of aliphatic hydroxyl groups excluding tert-OH is 2. The second-order valence-corrected chi connectivity index (χ2v) is 13.9. The van der Waals surface area contributed by atoms with E-state index in [1.807, 2.05) is 26.8 Å². The minimum absolute atomic E-state index is 0.0453. The van der Waals surface area contributed by atoms with E-state index in [0.717, 1.165) is 11.6 Å². The number of aliphatic hydroxyl groups is 4. The molecule has 0 aromatic rings. The minimum Gasteiger partial charge on any atom is -0.505 e. The molecule has 0 bridgehead atoms. The van der Waals surface area contributed by atoms with E-state index in [9.17, 15) is 34.8 Å². The Hall–Kier alpha value is -2.09. The number of carbonyl (C=O) groups is 3. The van der Waals surface area contributed by atoms with E-state index >= 15 is 0 Å². The molecule has 8 atom stereocenters. The highest BCUT2D eigenvalue weighted by Gasteiger charge is 2.74. The number of ketones is 3. The van der Waals surface area contributed by atoms with Gasteiger partial charge in [-0.2, -0.15) is 0 Å². The topological polar surface area (TPSA) is 132 Å². The Bertz CT molecular complexity index is 1150. The molecule has 7 nitrogen and oxygen atoms in total. The van der Waals surface area contributed by atoms with Crippen LogP contribution in [0.2, 0.25) is 0 Å². The van der Waals surface area contributed by atoms with E-state index in [1.165, 1.54) is 32.9 Å². The fourth-order valence-corrected chi connectivity index (χ4v) is 8.58. The van der Waals surface area contributed by atoms with E-state index in [-0.39, 0.29) is 29.7 Å². The summed E-state index contributed by atoms with van der Waals surface area (Å²) in [4.78, 5) is 40.1. The fraction of sp³-hybridized carbons (Fsp3) is 0.700. The maximum Gasteiger partial charge on any atom is 0.206 e. The van der Waals surface area contributed by atoms with Crippen LogP contribution in [0.5, 0.6) is 0 Å². The third-order valence-electron chi connectivity index (χ3n) is 10.8. The van der Waals surface area contributed by atoms with Crippen LogP contribution in [0.15, 0.2) is 35.6 Å². The van der Waals surface area contributed by atoms with Crippen molar-refractivity contribution in [1.82, 2.24) is 0 Å². The summed E-state index contributed by atoms with van der Waals surface area (Å²) in [6.07, 6.45) is 5.85. The summed E-state index contributed by atoms with van der Waals surface area (Å²) < 4.78 is 0. The van der Waals surface area contributed by atoms with Gasteiger partial charge < -0.3 is 20.4 Å². The zero-order valence-electron chi connectivity index (χ0n) is 23.3. The van der Waals surface area contributed by atoms with Crippen molar-refractivity contribution in [1.29, 1.82) is 0 Å². The summed E-state index contributed by atoms with van der Waals surface area (Å²) >= 11 is 0. The zero-order chi connectivity index (χ0) is 28.1. The van der Waals surface area contributed by atoms with Gasteiger partial charge in [0.15, 0.2) is 11.5 Å². The normalized spacial score (nSPS) is 42.9. The van der Waals surface area contributed by atoms with E-state index < -0.39 is 56.6 Å². The number of Topliss-reactive ketones (excluding diaryl/α,β-unsaturated/α-hetero) is 2. The van der Waals surface area contributed by atoms with Gasteiger partial charge in [-0.1, -0.05) is 38.5 Å². The molecule has 4 rings (SSSR count). The quantitative estimate of drug-likeness (QED) is 0.333. The minimum atomic E-state index is -1.96. The molecule has 2 unspecified atom stereocenters. The molecule has 0 aromatic heterocycles. The van der Waals surface area contributed by atoms with Crippen molar-refractivity contribution in [2.24, 2.45) is 39.4 Å². The largest absolute Gasteiger partial charge is 0.505 e. The van der Waals surface area contributed by atoms with E-state index in [1.54, 1.807) is 13.8 Å². The van der Waals surface area contributed by atoms with Crippen LogP contribution < -0.4 is 0 Å². The molecule has 204 valence electrons. The van der Waals surface area contributed by atoms with Crippen molar-refractivity contribution in [3.05, 3.63) is 35.6 Å². The first kappa shape index (κ1) is 27.9. The maximum atomic E-state index is 14.2. The number of hydrogen-bond donors (Lipinski definition) is 4. The Balaban J connectivity index is 1.82. The lowest BCUT2D eigenvalue weighted by Gasteiger charge is -2.63. The summed E-state index contributed by atoms with van der Waals surface area (Å²) in [5.74, 6) is -2.98. The smallest absolute Gasteiger partial charge is 0.206 e. The first-order valence-electron chi connectivity index (χ1n) is 13.2. The first-order valence-corrected chi connectivity index (χ1v) is 13.2. The van der Waals surface area contributed by atoms with Crippen LogP contribution in [0.4, 0.5) is 0 Å². The van der Waals surface area contributed by atoms with Crippen molar-refractivity contribution in [2.45, 2.75) is 92.0 Å². The van der Waals surface area contributed by atoms with Crippen molar-refractivity contribution >= 4 is 17.3 Å². The Kier molecular flexibility index (Phi) is 6.01. The van der Waals surface area contributed by atoms with Crippen LogP contribution in [0.3, 0.4) is 0 Å². The molecule has 0 heterocycles. The lowest BCUT2D eigenvalue weighted by molar-refractivity contribution is -0.179. The van der Waals surface area contributed by atoms with Gasteiger partial charge in [0, 0.05) is 23.7 Å². The summed E-state index contributed by atoms with van der Waals surface area (Å²) in [5.41, 5.74) is -5.75. The molecule has 0 aliphatic heterocycles. The van der Waals surface area contributed by atoms with Crippen LogP contribution in [0.25, 0.3) is 0 Å². The number of allylic oxidation sites excluding steroid dienone is 4. The number of rotatable bonds is 4. The van der Waals surface area contributed by atoms with Crippen LogP contribution in [-0.4, -0.2) is 55.1 Å². The molecule has 7 heteroatoms. The molecule has 0 aromatic carbocycles. The van der Waals surface area contributed by atoms with E-state index in [4.69, 9.17) is 0 Å². The molecule has 2 saturated carbocycles. The second kappa shape index (κ2) is 7.96. The van der Waals surface area contributed by atoms with Crippen molar-refractivity contribution in [3.63, 3.8) is 0 Å². The Morgan fingerprint density at radius 2 is 1.65 bits per heavy atom. The average molecular weight is 515 g/mol. The zero-order valence-corrected chi connectivity index (χ0v) is 23.3. The Morgan fingerprint density at radius 3 is 2.22 bits per heavy atom. The SMILES string of the molecule is CC(C)(O)/C=C/C(=O)C(C)(O)C1[C@H](O)C[C@@]2(C)[C@@H]3CC=C4[C@H](C=C(O)C(=O)C4(C)C)[C@]3(C)C(=O)C[C@]12C. The van der Waals surface area contributed by atoms with Gasteiger partial charge in [-0.25, -0.2) is 0 Å². The van der Waals surface area contributed by atoms with E-state index in [0.29, 0.717) is 12.8 Å². The molecular formula is C30H42O7. The lowest BCUT2D eigenvalue weighted by Crippen LogP contribution is -2.64. The molecule has 0 saturated heterocycles. The maximum absolute atomic E-state index is 14.2. The van der Waals surface area contributed by atoms with Gasteiger partial charge in [0.1, 0.15) is 11.4 Å². The van der Waals surface area contributed by atoms with Gasteiger partial charge in [0.2, 0.25) is 5.78 Å². The molecule has 0 radical (unpaired) electrons. The lowest BCUT2D eigenvalue weighted by atomic mass is 9.39. The molecule has 2 fully saturated rings. The first-order chi connectivity index (χ1) is 16.7. The number of fused-ring (bicyclic) bond motifs is 5. The fourth-order valence-electron chi connectivity index (χ4n) is 8.58. The van der Waals surface area contributed by atoms with Gasteiger partial charge in [0.25, 0.3) is 0 Å². The summed E-state index contributed by atoms with van der Waals surface area (Å²) in [7, 11) is 0. The highest BCUT2D eigenvalue weighted by atomic mass is 16.3. The second-order valence-electron chi connectivity index (χ2n) is 13.9. The standard InChI is InChI=1S/C30H42O7/c1-25(2,36)12-11-21(33)30(8,37)23-19(32)14-27(5)20-10-9-16-17(13-18(31)24(35)26(16,3)4)29(20,7)22(34)15-28(23,27)6/h9,11-13,17,19-20,23,31-32,36-37H,10,14-15H2,1-8H3/b12-11+/t17-,19+,20-,23?,27-,28+,29-,30?/m0/s1. The van der Waals surface area contributed by atoms with Crippen LogP contribution in [0.1, 0.15) is 74.7 Å².